The molecule has 4 rings (SSSR count). The van der Waals surface area contributed by atoms with Crippen LogP contribution in [0.1, 0.15) is 41.6 Å². The highest BCUT2D eigenvalue weighted by molar-refractivity contribution is 5.81. The van der Waals surface area contributed by atoms with Crippen LogP contribution in [-0.4, -0.2) is 48.0 Å². The van der Waals surface area contributed by atoms with Crippen LogP contribution in [0, 0.1) is 13.8 Å². The van der Waals surface area contributed by atoms with Gasteiger partial charge in [0.1, 0.15) is 5.75 Å². The highest BCUT2D eigenvalue weighted by atomic mass is 16.5. The summed E-state index contributed by atoms with van der Waals surface area (Å²) in [6.45, 7) is 9.25. The monoisotopic (exact) mass is 442 g/mol. The molecule has 0 aliphatic carbocycles. The number of hydrogen-bond acceptors (Lipinski definition) is 3. The summed E-state index contributed by atoms with van der Waals surface area (Å²) in [6.07, 6.45) is 0.209. The molecule has 1 unspecified atom stereocenters. The van der Waals surface area contributed by atoms with Gasteiger partial charge >= 0.3 is 0 Å². The molecule has 3 aromatic rings. The van der Waals surface area contributed by atoms with Gasteiger partial charge in [0.2, 0.25) is 0 Å². The van der Waals surface area contributed by atoms with Crippen molar-refractivity contribution < 1.29 is 9.53 Å². The lowest BCUT2D eigenvalue weighted by atomic mass is 9.96. The van der Waals surface area contributed by atoms with E-state index in [1.54, 1.807) is 0 Å². The number of carbonyl (C=O) groups is 1. The minimum absolute atomic E-state index is 0.0892. The lowest BCUT2D eigenvalue weighted by molar-refractivity contribution is -0.140. The Kier molecular flexibility index (Phi) is 7.46. The number of benzene rings is 3. The number of rotatable bonds is 7. The summed E-state index contributed by atoms with van der Waals surface area (Å²) >= 11 is 0. The zero-order chi connectivity index (χ0) is 23.2. The Morgan fingerprint density at radius 2 is 1.39 bits per heavy atom. The van der Waals surface area contributed by atoms with Gasteiger partial charge in [0.05, 0.1) is 6.04 Å². The summed E-state index contributed by atoms with van der Waals surface area (Å²) in [5.41, 5.74) is 4.97. The van der Waals surface area contributed by atoms with E-state index < -0.39 is 6.10 Å². The Morgan fingerprint density at radius 3 is 1.91 bits per heavy atom. The van der Waals surface area contributed by atoms with E-state index in [0.717, 1.165) is 18.8 Å². The summed E-state index contributed by atoms with van der Waals surface area (Å²) in [5.74, 6) is 0.858. The zero-order valence-electron chi connectivity index (χ0n) is 19.9. The molecule has 0 radical (unpaired) electrons. The fourth-order valence-corrected chi connectivity index (χ4v) is 4.55. The van der Waals surface area contributed by atoms with Crippen LogP contribution in [0.15, 0.2) is 78.9 Å². The van der Waals surface area contributed by atoms with E-state index >= 15 is 0 Å². The zero-order valence-corrected chi connectivity index (χ0v) is 19.9. The van der Waals surface area contributed by atoms with Gasteiger partial charge in [-0.25, -0.2) is 0 Å². The second-order valence-electron chi connectivity index (χ2n) is 8.85. The fourth-order valence-electron chi connectivity index (χ4n) is 4.55. The maximum Gasteiger partial charge on any atom is 0.263 e. The van der Waals surface area contributed by atoms with Crippen molar-refractivity contribution in [2.24, 2.45) is 0 Å². The Bertz CT molecular complexity index is 1000. The molecule has 1 amide bonds. The molecule has 0 bridgehead atoms. The van der Waals surface area contributed by atoms with Crippen molar-refractivity contribution in [3.05, 3.63) is 101 Å². The van der Waals surface area contributed by atoms with Crippen molar-refractivity contribution in [1.29, 1.82) is 0 Å². The lowest BCUT2D eigenvalue weighted by Gasteiger charge is -2.40. The number of amides is 1. The maximum absolute atomic E-state index is 13.3. The fraction of sp³-hybridized carbons (Fsp3) is 0.345. The van der Waals surface area contributed by atoms with Crippen molar-refractivity contribution in [3.63, 3.8) is 0 Å². The van der Waals surface area contributed by atoms with Crippen molar-refractivity contribution >= 4 is 5.91 Å². The average Bonchev–Trinajstić information content (AvgIpc) is 2.86. The molecule has 1 saturated heterocycles. The molecule has 3 aromatic carbocycles. The molecule has 0 N–H and O–H groups in total. The van der Waals surface area contributed by atoms with Crippen LogP contribution < -0.4 is 4.74 Å². The minimum Gasteiger partial charge on any atom is -0.481 e. The lowest BCUT2D eigenvalue weighted by Crippen LogP contribution is -2.53. The number of carbonyl (C=O) groups excluding carboxylic acids is 1. The van der Waals surface area contributed by atoms with E-state index in [-0.39, 0.29) is 11.9 Å². The molecule has 1 heterocycles. The van der Waals surface area contributed by atoms with Gasteiger partial charge in [-0.3, -0.25) is 9.69 Å². The van der Waals surface area contributed by atoms with Crippen LogP contribution >= 0.6 is 0 Å². The highest BCUT2D eigenvalue weighted by Crippen LogP contribution is 2.29. The first-order valence-electron chi connectivity index (χ1n) is 11.9. The average molecular weight is 443 g/mol. The second kappa shape index (κ2) is 10.7. The summed E-state index contributed by atoms with van der Waals surface area (Å²) in [4.78, 5) is 17.7. The standard InChI is InChI=1S/C29H34N2O2/c1-4-27(33-26-16-15-22(2)23(3)21-26)29(32)31-19-17-30(18-20-31)28(24-11-7-5-8-12-24)25-13-9-6-10-14-25/h5-16,21,27-28H,4,17-20H2,1-3H3. The Hall–Kier alpha value is -3.11. The van der Waals surface area contributed by atoms with Gasteiger partial charge in [0.15, 0.2) is 6.10 Å². The second-order valence-corrected chi connectivity index (χ2v) is 8.85. The molecular formula is C29H34N2O2. The third-order valence-corrected chi connectivity index (χ3v) is 6.62. The molecular weight excluding hydrogens is 408 g/mol. The Morgan fingerprint density at radius 1 is 0.818 bits per heavy atom. The first kappa shape index (κ1) is 23.1. The highest BCUT2D eigenvalue weighted by Gasteiger charge is 2.31. The van der Waals surface area contributed by atoms with Crippen LogP contribution in [0.3, 0.4) is 0 Å². The third kappa shape index (κ3) is 5.45. The van der Waals surface area contributed by atoms with E-state index in [2.05, 4.69) is 79.4 Å². The van der Waals surface area contributed by atoms with Gasteiger partial charge in [0, 0.05) is 26.2 Å². The number of ether oxygens (including phenoxy) is 1. The van der Waals surface area contributed by atoms with Crippen LogP contribution in [0.2, 0.25) is 0 Å². The molecule has 0 saturated carbocycles. The molecule has 0 spiro atoms. The predicted molar refractivity (Wildman–Crippen MR) is 134 cm³/mol. The van der Waals surface area contributed by atoms with Gasteiger partial charge < -0.3 is 9.64 Å². The summed E-state index contributed by atoms with van der Waals surface area (Å²) in [5, 5.41) is 0. The van der Waals surface area contributed by atoms with Crippen molar-refractivity contribution in [2.45, 2.75) is 39.3 Å². The molecule has 4 heteroatoms. The van der Waals surface area contributed by atoms with E-state index in [9.17, 15) is 4.79 Å². The van der Waals surface area contributed by atoms with Crippen LogP contribution in [0.4, 0.5) is 0 Å². The first-order chi connectivity index (χ1) is 16.1. The SMILES string of the molecule is CCC(Oc1ccc(C)c(C)c1)C(=O)N1CCN(C(c2ccccc2)c2ccccc2)CC1. The minimum atomic E-state index is -0.447. The number of hydrogen-bond donors (Lipinski definition) is 0. The van der Waals surface area contributed by atoms with Gasteiger partial charge in [-0.05, 0) is 54.7 Å². The molecule has 1 aliphatic heterocycles. The van der Waals surface area contributed by atoms with E-state index in [1.807, 2.05) is 30.0 Å². The first-order valence-corrected chi connectivity index (χ1v) is 11.9. The predicted octanol–water partition coefficient (Wildman–Crippen LogP) is 5.39. The number of aryl methyl sites for hydroxylation is 2. The van der Waals surface area contributed by atoms with Crippen molar-refractivity contribution in [3.8, 4) is 5.75 Å². The molecule has 4 nitrogen and oxygen atoms in total. The summed E-state index contributed by atoms with van der Waals surface area (Å²) < 4.78 is 6.12. The molecule has 33 heavy (non-hydrogen) atoms. The topological polar surface area (TPSA) is 32.8 Å². The van der Waals surface area contributed by atoms with E-state index in [0.29, 0.717) is 19.5 Å². The van der Waals surface area contributed by atoms with Gasteiger partial charge in [0.25, 0.3) is 5.91 Å². The molecule has 1 atom stereocenters. The van der Waals surface area contributed by atoms with E-state index in [1.165, 1.54) is 22.3 Å². The van der Waals surface area contributed by atoms with Crippen LogP contribution in [0.25, 0.3) is 0 Å². The summed E-state index contributed by atoms with van der Waals surface area (Å²) in [6, 6.07) is 27.5. The van der Waals surface area contributed by atoms with Gasteiger partial charge in [-0.2, -0.15) is 0 Å². The van der Waals surface area contributed by atoms with Gasteiger partial charge in [-0.15, -0.1) is 0 Å². The number of piperazine rings is 1. The van der Waals surface area contributed by atoms with E-state index in [4.69, 9.17) is 4.74 Å². The Balaban J connectivity index is 1.44. The summed E-state index contributed by atoms with van der Waals surface area (Å²) in [7, 11) is 0. The molecule has 1 aliphatic rings. The Labute approximate surface area is 197 Å². The molecule has 0 aromatic heterocycles. The van der Waals surface area contributed by atoms with Crippen LogP contribution in [-0.2, 0) is 4.79 Å². The molecule has 172 valence electrons. The molecule has 1 fully saturated rings. The number of nitrogens with zero attached hydrogens (tertiary/aromatic N) is 2. The van der Waals surface area contributed by atoms with Crippen LogP contribution in [0.5, 0.6) is 5.75 Å². The smallest absolute Gasteiger partial charge is 0.263 e. The quantitative estimate of drug-likeness (QED) is 0.491. The third-order valence-electron chi connectivity index (χ3n) is 6.62. The van der Waals surface area contributed by atoms with Gasteiger partial charge in [-0.1, -0.05) is 73.7 Å². The van der Waals surface area contributed by atoms with Crippen molar-refractivity contribution in [1.82, 2.24) is 9.80 Å². The normalized spacial score (nSPS) is 15.5. The largest absolute Gasteiger partial charge is 0.481 e. The van der Waals surface area contributed by atoms with Crippen molar-refractivity contribution in [2.75, 3.05) is 26.2 Å². The maximum atomic E-state index is 13.3.